The summed E-state index contributed by atoms with van der Waals surface area (Å²) in [6.07, 6.45) is 0.989. The van der Waals surface area contributed by atoms with E-state index in [1.54, 1.807) is 4.68 Å². The van der Waals surface area contributed by atoms with Crippen LogP contribution in [-0.4, -0.2) is 40.4 Å². The molecule has 2 aromatic heterocycles. The van der Waals surface area contributed by atoms with Crippen molar-refractivity contribution in [1.82, 2.24) is 40.4 Å². The van der Waals surface area contributed by atoms with Gasteiger partial charge in [-0.1, -0.05) is 24.8 Å². The third kappa shape index (κ3) is 3.55. The minimum Gasteiger partial charge on any atom is -0.229 e. The Morgan fingerprint density at radius 2 is 1.74 bits per heavy atom. The molecule has 0 bridgehead atoms. The van der Waals surface area contributed by atoms with Crippen molar-refractivity contribution >= 4 is 11.8 Å². The van der Waals surface area contributed by atoms with Crippen molar-refractivity contribution in [2.45, 2.75) is 44.6 Å². The van der Waals surface area contributed by atoms with Crippen molar-refractivity contribution in [2.75, 3.05) is 0 Å². The van der Waals surface area contributed by atoms with Crippen molar-refractivity contribution in [3.8, 4) is 5.69 Å². The molecule has 0 amide bonds. The van der Waals surface area contributed by atoms with Crippen molar-refractivity contribution in [3.05, 3.63) is 35.2 Å². The lowest BCUT2D eigenvalue weighted by Crippen LogP contribution is -2.05. The van der Waals surface area contributed by atoms with Gasteiger partial charge in [-0.05, 0) is 64.4 Å². The van der Waals surface area contributed by atoms with E-state index in [1.807, 2.05) is 4.68 Å². The average molecular weight is 330 g/mol. The van der Waals surface area contributed by atoms with Crippen LogP contribution in [0.4, 0.5) is 0 Å². The molecule has 120 valence electrons. The van der Waals surface area contributed by atoms with Gasteiger partial charge in [0, 0.05) is 6.54 Å². The standard InChI is InChI=1S/C14H18N8S/c1-4-5-21-13(15-17-19-21)9-23-14-16-18-20-22(14)12-7-10(2)6-11(3)8-12/h6-8H,4-5,9H2,1-3H3. The molecule has 0 saturated carbocycles. The highest BCUT2D eigenvalue weighted by Gasteiger charge is 2.13. The zero-order valence-electron chi connectivity index (χ0n) is 13.3. The van der Waals surface area contributed by atoms with Crippen LogP contribution in [0.2, 0.25) is 0 Å². The van der Waals surface area contributed by atoms with Crippen LogP contribution in [0, 0.1) is 13.8 Å². The van der Waals surface area contributed by atoms with Gasteiger partial charge < -0.3 is 0 Å². The van der Waals surface area contributed by atoms with E-state index in [9.17, 15) is 0 Å². The van der Waals surface area contributed by atoms with Crippen molar-refractivity contribution < 1.29 is 0 Å². The number of benzene rings is 1. The fourth-order valence-electron chi connectivity index (χ4n) is 2.35. The van der Waals surface area contributed by atoms with Gasteiger partial charge in [0.2, 0.25) is 5.16 Å². The lowest BCUT2D eigenvalue weighted by Gasteiger charge is -2.07. The maximum Gasteiger partial charge on any atom is 0.214 e. The largest absolute Gasteiger partial charge is 0.229 e. The van der Waals surface area contributed by atoms with E-state index in [2.05, 4.69) is 70.0 Å². The first-order valence-corrected chi connectivity index (χ1v) is 8.41. The summed E-state index contributed by atoms with van der Waals surface area (Å²) in [6, 6.07) is 6.25. The second-order valence-corrected chi connectivity index (χ2v) is 6.27. The summed E-state index contributed by atoms with van der Waals surface area (Å²) in [5.41, 5.74) is 3.32. The zero-order chi connectivity index (χ0) is 16.2. The molecule has 0 radical (unpaired) electrons. The summed E-state index contributed by atoms with van der Waals surface area (Å²) in [5, 5.41) is 24.5. The molecule has 23 heavy (non-hydrogen) atoms. The van der Waals surface area contributed by atoms with E-state index >= 15 is 0 Å². The third-order valence-electron chi connectivity index (χ3n) is 3.26. The lowest BCUT2D eigenvalue weighted by molar-refractivity contribution is 0.564. The van der Waals surface area contributed by atoms with Crippen LogP contribution >= 0.6 is 11.8 Å². The minimum absolute atomic E-state index is 0.623. The SMILES string of the molecule is CCCn1nnnc1CSc1nnnn1-c1cc(C)cc(C)c1. The Balaban J connectivity index is 1.80. The Labute approximate surface area is 138 Å². The molecule has 2 heterocycles. The molecular weight excluding hydrogens is 312 g/mol. The Hall–Kier alpha value is -2.29. The molecule has 9 heteroatoms. The van der Waals surface area contributed by atoms with Crippen molar-refractivity contribution in [1.29, 1.82) is 0 Å². The van der Waals surface area contributed by atoms with E-state index in [1.165, 1.54) is 22.9 Å². The Morgan fingerprint density at radius 1 is 1.00 bits per heavy atom. The normalized spacial score (nSPS) is 11.1. The molecule has 0 aliphatic heterocycles. The van der Waals surface area contributed by atoms with E-state index in [-0.39, 0.29) is 0 Å². The predicted molar refractivity (Wildman–Crippen MR) is 86.3 cm³/mol. The molecule has 0 aliphatic rings. The van der Waals surface area contributed by atoms with Crippen LogP contribution < -0.4 is 0 Å². The molecule has 0 unspecified atom stereocenters. The zero-order valence-corrected chi connectivity index (χ0v) is 14.2. The summed E-state index contributed by atoms with van der Waals surface area (Å²) in [5.74, 6) is 1.45. The first-order chi connectivity index (χ1) is 11.2. The average Bonchev–Trinajstić information content (AvgIpc) is 3.13. The van der Waals surface area contributed by atoms with E-state index in [0.29, 0.717) is 5.75 Å². The van der Waals surface area contributed by atoms with Crippen molar-refractivity contribution in [3.63, 3.8) is 0 Å². The maximum atomic E-state index is 4.11. The van der Waals surface area contributed by atoms with Gasteiger partial charge in [-0.15, -0.1) is 10.2 Å². The van der Waals surface area contributed by atoms with Gasteiger partial charge in [0.1, 0.15) is 0 Å². The van der Waals surface area contributed by atoms with Gasteiger partial charge >= 0.3 is 0 Å². The summed E-state index contributed by atoms with van der Waals surface area (Å²) < 4.78 is 3.57. The topological polar surface area (TPSA) is 87.2 Å². The van der Waals surface area contributed by atoms with E-state index in [4.69, 9.17) is 0 Å². The molecule has 3 rings (SSSR count). The van der Waals surface area contributed by atoms with Gasteiger partial charge in [0.15, 0.2) is 5.82 Å². The van der Waals surface area contributed by atoms with Gasteiger partial charge in [-0.3, -0.25) is 0 Å². The number of aromatic nitrogens is 8. The molecule has 1 aromatic carbocycles. The molecule has 0 saturated heterocycles. The van der Waals surface area contributed by atoms with Gasteiger partial charge in [0.25, 0.3) is 0 Å². The Morgan fingerprint density at radius 3 is 2.48 bits per heavy atom. The molecule has 0 aliphatic carbocycles. The van der Waals surface area contributed by atoms with Crippen LogP contribution in [0.5, 0.6) is 0 Å². The van der Waals surface area contributed by atoms with Crippen LogP contribution in [0.1, 0.15) is 30.3 Å². The summed E-state index contributed by atoms with van der Waals surface area (Å²) in [6.45, 7) is 7.03. The highest BCUT2D eigenvalue weighted by molar-refractivity contribution is 7.98. The van der Waals surface area contributed by atoms with Crippen LogP contribution in [0.15, 0.2) is 23.4 Å². The molecule has 0 N–H and O–H groups in total. The fourth-order valence-corrected chi connectivity index (χ4v) is 3.17. The number of aryl methyl sites for hydroxylation is 3. The monoisotopic (exact) mass is 330 g/mol. The molecule has 0 fully saturated rings. The number of hydrogen-bond acceptors (Lipinski definition) is 7. The molecule has 0 spiro atoms. The summed E-state index contributed by atoms with van der Waals surface area (Å²) >= 11 is 1.52. The maximum absolute atomic E-state index is 4.11. The van der Waals surface area contributed by atoms with Gasteiger partial charge in [0.05, 0.1) is 11.4 Å². The second-order valence-electron chi connectivity index (χ2n) is 5.33. The quantitative estimate of drug-likeness (QED) is 0.638. The van der Waals surface area contributed by atoms with Crippen LogP contribution in [0.3, 0.4) is 0 Å². The van der Waals surface area contributed by atoms with Crippen LogP contribution in [-0.2, 0) is 12.3 Å². The summed E-state index contributed by atoms with van der Waals surface area (Å²) in [7, 11) is 0. The molecule has 0 atom stereocenters. The lowest BCUT2D eigenvalue weighted by atomic mass is 10.1. The number of nitrogens with zero attached hydrogens (tertiary/aromatic N) is 8. The minimum atomic E-state index is 0.623. The Kier molecular flexibility index (Phi) is 4.65. The van der Waals surface area contributed by atoms with E-state index in [0.717, 1.165) is 29.6 Å². The molecular formula is C14H18N8S. The first kappa shape index (κ1) is 15.6. The highest BCUT2D eigenvalue weighted by atomic mass is 32.2. The highest BCUT2D eigenvalue weighted by Crippen LogP contribution is 2.22. The first-order valence-electron chi connectivity index (χ1n) is 7.42. The van der Waals surface area contributed by atoms with Crippen molar-refractivity contribution in [2.24, 2.45) is 0 Å². The smallest absolute Gasteiger partial charge is 0.214 e. The third-order valence-corrected chi connectivity index (χ3v) is 4.18. The van der Waals surface area contributed by atoms with Gasteiger partial charge in [-0.2, -0.15) is 4.68 Å². The number of rotatable bonds is 6. The van der Waals surface area contributed by atoms with Crippen LogP contribution in [0.25, 0.3) is 5.69 Å². The predicted octanol–water partition coefficient (Wildman–Crippen LogP) is 1.97. The number of hydrogen-bond donors (Lipinski definition) is 0. The van der Waals surface area contributed by atoms with E-state index < -0.39 is 0 Å². The molecule has 3 aromatic rings. The fraction of sp³-hybridized carbons (Fsp3) is 0.429. The summed E-state index contributed by atoms with van der Waals surface area (Å²) in [4.78, 5) is 0. The Bertz CT molecular complexity index is 773. The second kappa shape index (κ2) is 6.86. The molecule has 8 nitrogen and oxygen atoms in total. The van der Waals surface area contributed by atoms with Gasteiger partial charge in [-0.25, -0.2) is 4.68 Å². The number of tetrazole rings is 2. The number of thioether (sulfide) groups is 1.